The molecule has 0 atom stereocenters. The highest BCUT2D eigenvalue weighted by Crippen LogP contribution is 2.63. The van der Waals surface area contributed by atoms with Crippen molar-refractivity contribution in [1.82, 2.24) is 0 Å². The van der Waals surface area contributed by atoms with E-state index < -0.39 is 0 Å². The summed E-state index contributed by atoms with van der Waals surface area (Å²) >= 11 is 0. The summed E-state index contributed by atoms with van der Waals surface area (Å²) in [4.78, 5) is 2.43. The zero-order valence-corrected chi connectivity index (χ0v) is 38.1. The summed E-state index contributed by atoms with van der Waals surface area (Å²) in [5, 5.41) is 2.49. The number of hydrogen-bond acceptors (Lipinski definition) is 1. The van der Waals surface area contributed by atoms with Crippen molar-refractivity contribution in [2.75, 3.05) is 4.90 Å². The van der Waals surface area contributed by atoms with Crippen LogP contribution in [0.2, 0.25) is 0 Å². The van der Waals surface area contributed by atoms with Crippen LogP contribution in [0.4, 0.5) is 17.1 Å². The average molecular weight is 812 g/mol. The van der Waals surface area contributed by atoms with Crippen LogP contribution in [-0.2, 0) is 16.2 Å². The topological polar surface area (TPSA) is 3.24 Å². The van der Waals surface area contributed by atoms with Gasteiger partial charge in [-0.05, 0) is 146 Å². The molecule has 10 rings (SSSR count). The molecule has 0 unspecified atom stereocenters. The Bertz CT molecular complexity index is 2670. The molecule has 1 heteroatoms. The van der Waals surface area contributed by atoms with E-state index in [2.05, 4.69) is 198 Å². The molecule has 0 saturated heterocycles. The molecule has 62 heavy (non-hydrogen) atoms. The van der Waals surface area contributed by atoms with Crippen LogP contribution in [0.15, 0.2) is 152 Å². The summed E-state index contributed by atoms with van der Waals surface area (Å²) in [5.74, 6) is 1.39. The van der Waals surface area contributed by atoms with Crippen LogP contribution < -0.4 is 4.90 Å². The lowest BCUT2D eigenvalue weighted by molar-refractivity contribution is 0.137. The highest BCUT2D eigenvalue weighted by atomic mass is 15.1. The van der Waals surface area contributed by atoms with Crippen molar-refractivity contribution in [2.24, 2.45) is 11.8 Å². The van der Waals surface area contributed by atoms with Crippen LogP contribution >= 0.6 is 0 Å². The van der Waals surface area contributed by atoms with Crippen LogP contribution in [0.3, 0.4) is 0 Å². The van der Waals surface area contributed by atoms with Crippen molar-refractivity contribution in [3.63, 3.8) is 0 Å². The van der Waals surface area contributed by atoms with Crippen molar-refractivity contribution in [1.29, 1.82) is 0 Å². The molecular weight excluding hydrogens is 747 g/mol. The fourth-order valence-corrected chi connectivity index (χ4v) is 12.3. The number of rotatable bonds is 7. The van der Waals surface area contributed by atoms with Gasteiger partial charge in [0.05, 0.1) is 5.69 Å². The number of nitrogens with zero attached hydrogens (tertiary/aromatic N) is 1. The first-order valence-corrected chi connectivity index (χ1v) is 23.9. The third-order valence-electron chi connectivity index (χ3n) is 15.2. The average Bonchev–Trinajstić information content (AvgIpc) is 3.59. The lowest BCUT2D eigenvalue weighted by Crippen LogP contribution is -2.44. The van der Waals surface area contributed by atoms with Crippen LogP contribution in [0.5, 0.6) is 0 Å². The minimum Gasteiger partial charge on any atom is -0.310 e. The summed E-state index contributed by atoms with van der Waals surface area (Å²) in [6.45, 7) is 14.6. The molecule has 0 aromatic heterocycles. The van der Waals surface area contributed by atoms with E-state index in [0.29, 0.717) is 11.8 Å². The van der Waals surface area contributed by atoms with Crippen LogP contribution in [0.1, 0.15) is 128 Å². The molecule has 0 bridgehead atoms. The van der Waals surface area contributed by atoms with Crippen molar-refractivity contribution >= 4 is 27.8 Å². The largest absolute Gasteiger partial charge is 0.310 e. The van der Waals surface area contributed by atoms with Gasteiger partial charge in [-0.3, -0.25) is 0 Å². The van der Waals surface area contributed by atoms with E-state index >= 15 is 0 Å². The van der Waals surface area contributed by atoms with E-state index in [1.807, 2.05) is 0 Å². The Hall–Kier alpha value is -5.40. The number of anilines is 3. The highest BCUT2D eigenvalue weighted by molar-refractivity contribution is 5.99. The van der Waals surface area contributed by atoms with Gasteiger partial charge in [0.1, 0.15) is 0 Å². The molecule has 314 valence electrons. The minimum atomic E-state index is 0.0456. The molecule has 0 N–H and O–H groups in total. The van der Waals surface area contributed by atoms with E-state index in [4.69, 9.17) is 0 Å². The SMILES string of the molecule is CC(C)(C)c1cc2c(cc1C(C)(C)C)C(C1CCCCC1)(C1CCCCC1)c1ccc(-c3ccc(N(c4ccc(-c5ccccc5)cc4)c4cccc5ccccc45)cc3)cc1-2. The molecular formula is C61H65N. The Morgan fingerprint density at radius 2 is 0.903 bits per heavy atom. The quantitative estimate of drug-likeness (QED) is 0.155. The molecule has 1 nitrogen and oxygen atoms in total. The predicted molar refractivity (Wildman–Crippen MR) is 266 cm³/mol. The fourth-order valence-electron chi connectivity index (χ4n) is 12.3. The maximum atomic E-state index is 2.77. The van der Waals surface area contributed by atoms with Gasteiger partial charge in [-0.25, -0.2) is 0 Å². The maximum Gasteiger partial charge on any atom is 0.0540 e. The summed E-state index contributed by atoms with van der Waals surface area (Å²) < 4.78 is 0. The Morgan fingerprint density at radius 3 is 1.50 bits per heavy atom. The van der Waals surface area contributed by atoms with Gasteiger partial charge in [-0.2, -0.15) is 0 Å². The van der Waals surface area contributed by atoms with Crippen LogP contribution in [0.25, 0.3) is 44.2 Å². The van der Waals surface area contributed by atoms with Gasteiger partial charge in [0.25, 0.3) is 0 Å². The normalized spacial score (nSPS) is 16.9. The second kappa shape index (κ2) is 16.1. The molecule has 0 radical (unpaired) electrons. The smallest absolute Gasteiger partial charge is 0.0540 e. The first-order chi connectivity index (χ1) is 30.0. The zero-order chi connectivity index (χ0) is 42.6. The van der Waals surface area contributed by atoms with Gasteiger partial charge >= 0.3 is 0 Å². The van der Waals surface area contributed by atoms with Crippen LogP contribution in [0, 0.1) is 11.8 Å². The van der Waals surface area contributed by atoms with Crippen molar-refractivity contribution < 1.29 is 0 Å². The molecule has 3 aliphatic rings. The predicted octanol–water partition coefficient (Wildman–Crippen LogP) is 17.7. The Balaban J connectivity index is 1.11. The van der Waals surface area contributed by atoms with E-state index in [1.54, 1.807) is 16.7 Å². The van der Waals surface area contributed by atoms with Crippen molar-refractivity contribution in [3.8, 4) is 33.4 Å². The van der Waals surface area contributed by atoms with E-state index in [1.165, 1.54) is 120 Å². The molecule has 0 aliphatic heterocycles. The fraction of sp³-hybridized carbons (Fsp3) is 0.344. The van der Waals surface area contributed by atoms with Gasteiger partial charge in [0.15, 0.2) is 0 Å². The van der Waals surface area contributed by atoms with Crippen molar-refractivity contribution in [3.05, 3.63) is 174 Å². The van der Waals surface area contributed by atoms with E-state index in [0.717, 1.165) is 11.4 Å². The summed E-state index contributed by atoms with van der Waals surface area (Å²) in [6.07, 6.45) is 13.7. The third-order valence-corrected chi connectivity index (χ3v) is 15.2. The van der Waals surface area contributed by atoms with Gasteiger partial charge < -0.3 is 4.90 Å². The Kier molecular flexibility index (Phi) is 10.5. The molecule has 3 aliphatic carbocycles. The maximum absolute atomic E-state index is 2.77. The summed E-state index contributed by atoms with van der Waals surface area (Å²) in [5.41, 5.74) is 18.1. The first-order valence-electron chi connectivity index (χ1n) is 23.9. The van der Waals surface area contributed by atoms with E-state index in [9.17, 15) is 0 Å². The summed E-state index contributed by atoms with van der Waals surface area (Å²) in [6, 6.07) is 57.7. The zero-order valence-electron chi connectivity index (χ0n) is 38.1. The Labute approximate surface area is 372 Å². The second-order valence-corrected chi connectivity index (χ2v) is 21.0. The molecule has 0 heterocycles. The van der Waals surface area contributed by atoms with Crippen LogP contribution in [-0.4, -0.2) is 0 Å². The molecule has 2 saturated carbocycles. The number of benzene rings is 7. The lowest BCUT2D eigenvalue weighted by Gasteiger charge is -2.49. The number of fused-ring (bicyclic) bond motifs is 4. The first kappa shape index (κ1) is 40.7. The molecule has 7 aromatic carbocycles. The van der Waals surface area contributed by atoms with Crippen molar-refractivity contribution in [2.45, 2.75) is 122 Å². The third kappa shape index (κ3) is 7.10. The highest BCUT2D eigenvalue weighted by Gasteiger charge is 2.54. The standard InChI is InChI=1S/C61H65N/c1-59(2,3)56-40-53-52-39-46(33-38-54(52)61(47-23-12-8-13-24-47,48-25-14-9-15-26-48)55(53)41-57(56)60(4,5)6)44-31-36-50(37-32-44)62(58-28-18-22-45-21-16-17-27-51(45)58)49-34-29-43(30-35-49)42-19-10-7-11-20-42/h7,10-11,16-22,27-41,47-48H,8-9,12-15,23-26H2,1-6H3. The van der Waals surface area contributed by atoms with Gasteiger partial charge in [0, 0.05) is 22.2 Å². The van der Waals surface area contributed by atoms with Gasteiger partial charge in [-0.1, -0.05) is 195 Å². The second-order valence-electron chi connectivity index (χ2n) is 21.0. The number of hydrogen-bond donors (Lipinski definition) is 0. The summed E-state index contributed by atoms with van der Waals surface area (Å²) in [7, 11) is 0. The molecule has 0 spiro atoms. The lowest BCUT2D eigenvalue weighted by atomic mass is 9.54. The minimum absolute atomic E-state index is 0.0456. The monoisotopic (exact) mass is 812 g/mol. The molecule has 7 aromatic rings. The molecule has 2 fully saturated rings. The van der Waals surface area contributed by atoms with Gasteiger partial charge in [-0.15, -0.1) is 0 Å². The molecule has 0 amide bonds. The van der Waals surface area contributed by atoms with Gasteiger partial charge in [0.2, 0.25) is 0 Å². The Morgan fingerprint density at radius 1 is 0.419 bits per heavy atom. The van der Waals surface area contributed by atoms with E-state index in [-0.39, 0.29) is 16.2 Å².